The third-order valence-electron chi connectivity index (χ3n) is 4.52. The number of benzene rings is 1. The summed E-state index contributed by atoms with van der Waals surface area (Å²) in [6.45, 7) is 4.79. The minimum atomic E-state index is -0.418. The normalized spacial score (nSPS) is 15.9. The van der Waals surface area contributed by atoms with Crippen LogP contribution in [0, 0.1) is 17.0 Å². The van der Waals surface area contributed by atoms with Crippen molar-refractivity contribution in [3.8, 4) is 0 Å². The van der Waals surface area contributed by atoms with Crippen molar-refractivity contribution in [2.45, 2.75) is 32.4 Å². The van der Waals surface area contributed by atoms with Gasteiger partial charge in [-0.3, -0.25) is 15.0 Å². The lowest BCUT2D eigenvalue weighted by Gasteiger charge is -2.32. The first-order valence-electron chi connectivity index (χ1n) is 8.35. The van der Waals surface area contributed by atoms with Crippen LogP contribution >= 0.6 is 11.6 Å². The Morgan fingerprint density at radius 1 is 1.32 bits per heavy atom. The van der Waals surface area contributed by atoms with Crippen molar-refractivity contribution >= 4 is 23.1 Å². The predicted molar refractivity (Wildman–Crippen MR) is 99.0 cm³/mol. The number of nitrogens with zero attached hydrogens (tertiary/aromatic N) is 3. The number of aryl methyl sites for hydroxylation is 1. The molecule has 0 radical (unpaired) electrons. The molecule has 0 saturated carbocycles. The van der Waals surface area contributed by atoms with Gasteiger partial charge in [0.15, 0.2) is 0 Å². The van der Waals surface area contributed by atoms with Crippen LogP contribution in [0.15, 0.2) is 36.5 Å². The summed E-state index contributed by atoms with van der Waals surface area (Å²) in [7, 11) is 0. The van der Waals surface area contributed by atoms with Gasteiger partial charge in [0.25, 0.3) is 5.69 Å². The Balaban J connectivity index is 1.52. The van der Waals surface area contributed by atoms with Gasteiger partial charge in [0.2, 0.25) is 0 Å². The molecular formula is C18H21ClN4O2. The molecule has 1 aliphatic rings. The quantitative estimate of drug-likeness (QED) is 0.643. The van der Waals surface area contributed by atoms with E-state index in [-0.39, 0.29) is 5.69 Å². The molecule has 2 heterocycles. The summed E-state index contributed by atoms with van der Waals surface area (Å²) in [6.07, 6.45) is 3.35. The molecule has 3 rings (SSSR count). The number of rotatable bonds is 5. The van der Waals surface area contributed by atoms with Crippen molar-refractivity contribution in [1.29, 1.82) is 0 Å². The van der Waals surface area contributed by atoms with Gasteiger partial charge in [0.1, 0.15) is 12.0 Å². The van der Waals surface area contributed by atoms with Crippen LogP contribution in [0.25, 0.3) is 0 Å². The molecule has 6 nitrogen and oxygen atoms in total. The van der Waals surface area contributed by atoms with Crippen molar-refractivity contribution in [1.82, 2.24) is 9.88 Å². The third-order valence-corrected chi connectivity index (χ3v) is 4.77. The fourth-order valence-electron chi connectivity index (χ4n) is 3.09. The van der Waals surface area contributed by atoms with Gasteiger partial charge in [-0.2, -0.15) is 0 Å². The van der Waals surface area contributed by atoms with Crippen LogP contribution in [0.1, 0.15) is 24.0 Å². The Bertz CT molecular complexity index is 743. The van der Waals surface area contributed by atoms with Gasteiger partial charge in [0, 0.05) is 36.8 Å². The van der Waals surface area contributed by atoms with Crippen molar-refractivity contribution in [2.75, 3.05) is 18.4 Å². The number of aromatic nitrogens is 1. The van der Waals surface area contributed by atoms with Crippen molar-refractivity contribution in [2.24, 2.45) is 0 Å². The second kappa shape index (κ2) is 7.80. The number of piperidine rings is 1. The Kier molecular flexibility index (Phi) is 5.50. The largest absolute Gasteiger partial charge is 0.367 e. The summed E-state index contributed by atoms with van der Waals surface area (Å²) in [5.74, 6) is 0.738. The average molecular weight is 361 g/mol. The van der Waals surface area contributed by atoms with Crippen LogP contribution in [0.3, 0.4) is 0 Å². The van der Waals surface area contributed by atoms with E-state index in [2.05, 4.69) is 27.3 Å². The molecule has 0 bridgehead atoms. The highest BCUT2D eigenvalue weighted by molar-refractivity contribution is 6.30. The highest BCUT2D eigenvalue weighted by atomic mass is 35.5. The maximum atomic E-state index is 10.8. The Hall–Kier alpha value is -2.18. The molecule has 25 heavy (non-hydrogen) atoms. The number of pyridine rings is 1. The van der Waals surface area contributed by atoms with Crippen LogP contribution in [-0.2, 0) is 6.54 Å². The molecule has 2 aromatic rings. The zero-order valence-electron chi connectivity index (χ0n) is 14.1. The van der Waals surface area contributed by atoms with Crippen LogP contribution in [0.4, 0.5) is 11.5 Å². The van der Waals surface area contributed by atoms with E-state index in [1.54, 1.807) is 6.07 Å². The molecule has 0 atom stereocenters. The monoisotopic (exact) mass is 360 g/mol. The Morgan fingerprint density at radius 2 is 2.00 bits per heavy atom. The van der Waals surface area contributed by atoms with E-state index in [4.69, 9.17) is 11.6 Å². The Labute approximate surface area is 152 Å². The smallest absolute Gasteiger partial charge is 0.287 e. The van der Waals surface area contributed by atoms with E-state index in [0.717, 1.165) is 48.9 Å². The van der Waals surface area contributed by atoms with Crippen LogP contribution in [0.2, 0.25) is 5.02 Å². The van der Waals surface area contributed by atoms with E-state index < -0.39 is 4.92 Å². The number of hydrogen-bond acceptors (Lipinski definition) is 5. The number of anilines is 1. The number of halogens is 1. The Morgan fingerprint density at radius 3 is 2.60 bits per heavy atom. The highest BCUT2D eigenvalue weighted by Crippen LogP contribution is 2.22. The first kappa shape index (κ1) is 17.6. The van der Waals surface area contributed by atoms with Gasteiger partial charge < -0.3 is 5.32 Å². The molecule has 1 aromatic carbocycles. The van der Waals surface area contributed by atoms with Crippen LogP contribution in [-0.4, -0.2) is 33.9 Å². The predicted octanol–water partition coefficient (Wildman–Crippen LogP) is 4.03. The van der Waals surface area contributed by atoms with Crippen LogP contribution in [0.5, 0.6) is 0 Å². The van der Waals surface area contributed by atoms with E-state index in [9.17, 15) is 10.1 Å². The number of nitro groups is 1. The first-order valence-corrected chi connectivity index (χ1v) is 8.73. The molecule has 1 fully saturated rings. The summed E-state index contributed by atoms with van der Waals surface area (Å²) < 4.78 is 0. The maximum absolute atomic E-state index is 10.8. The number of nitrogens with one attached hydrogen (secondary N) is 1. The lowest BCUT2D eigenvalue weighted by molar-refractivity contribution is -0.385. The molecule has 7 heteroatoms. The maximum Gasteiger partial charge on any atom is 0.287 e. The summed E-state index contributed by atoms with van der Waals surface area (Å²) in [5.41, 5.74) is 2.10. The second-order valence-electron chi connectivity index (χ2n) is 6.44. The third kappa shape index (κ3) is 4.67. The van der Waals surface area contributed by atoms with Gasteiger partial charge in [-0.05, 0) is 43.0 Å². The van der Waals surface area contributed by atoms with Crippen molar-refractivity contribution in [3.63, 3.8) is 0 Å². The average Bonchev–Trinajstić information content (AvgIpc) is 2.60. The topological polar surface area (TPSA) is 71.3 Å². The zero-order chi connectivity index (χ0) is 17.8. The summed E-state index contributed by atoms with van der Waals surface area (Å²) >= 11 is 5.93. The molecule has 0 spiro atoms. The van der Waals surface area contributed by atoms with E-state index >= 15 is 0 Å². The summed E-state index contributed by atoms with van der Waals surface area (Å²) in [4.78, 5) is 17.0. The molecule has 1 saturated heterocycles. The van der Waals surface area contributed by atoms with E-state index in [1.165, 1.54) is 11.8 Å². The highest BCUT2D eigenvalue weighted by Gasteiger charge is 2.20. The van der Waals surface area contributed by atoms with E-state index in [0.29, 0.717) is 6.04 Å². The molecular weight excluding hydrogens is 340 g/mol. The van der Waals surface area contributed by atoms with Crippen molar-refractivity contribution < 1.29 is 4.92 Å². The molecule has 1 aliphatic heterocycles. The number of likely N-dealkylation sites (tertiary alicyclic amines) is 1. The summed E-state index contributed by atoms with van der Waals surface area (Å²) in [6, 6.07) is 9.88. The molecule has 132 valence electrons. The summed E-state index contributed by atoms with van der Waals surface area (Å²) in [5, 5.41) is 15.0. The first-order chi connectivity index (χ1) is 12.0. The fraction of sp³-hybridized carbons (Fsp3) is 0.389. The molecule has 0 amide bonds. The minimum absolute atomic E-state index is 0.0285. The standard InChI is InChI=1S/C18H21ClN4O2/c1-13-10-17(23(24)25)11-20-18(13)21-16-6-8-22(9-7-16)12-14-2-4-15(19)5-3-14/h2-5,10-11,16H,6-9,12H2,1H3,(H,20,21). The van der Waals surface area contributed by atoms with Gasteiger partial charge in [-0.1, -0.05) is 23.7 Å². The van der Waals surface area contributed by atoms with Crippen molar-refractivity contribution in [3.05, 3.63) is 62.8 Å². The SMILES string of the molecule is Cc1cc([N+](=O)[O-])cnc1NC1CCN(Cc2ccc(Cl)cc2)CC1. The number of hydrogen-bond donors (Lipinski definition) is 1. The molecule has 0 unspecified atom stereocenters. The van der Waals surface area contributed by atoms with E-state index in [1.807, 2.05) is 19.1 Å². The lowest BCUT2D eigenvalue weighted by atomic mass is 10.0. The van der Waals surface area contributed by atoms with Gasteiger partial charge >= 0.3 is 0 Å². The second-order valence-corrected chi connectivity index (χ2v) is 6.87. The van der Waals surface area contributed by atoms with Gasteiger partial charge in [-0.25, -0.2) is 4.98 Å². The lowest BCUT2D eigenvalue weighted by Crippen LogP contribution is -2.38. The molecule has 1 aromatic heterocycles. The van der Waals surface area contributed by atoms with Crippen LogP contribution < -0.4 is 5.32 Å². The molecule has 0 aliphatic carbocycles. The van der Waals surface area contributed by atoms with Gasteiger partial charge in [0.05, 0.1) is 4.92 Å². The minimum Gasteiger partial charge on any atom is -0.367 e. The molecule has 1 N–H and O–H groups in total. The zero-order valence-corrected chi connectivity index (χ0v) is 14.9. The fourth-order valence-corrected chi connectivity index (χ4v) is 3.21. The van der Waals surface area contributed by atoms with Gasteiger partial charge in [-0.15, -0.1) is 0 Å².